The number of carbonyl (C=O) groups is 2. The summed E-state index contributed by atoms with van der Waals surface area (Å²) in [4.78, 5) is 28.9. The number of benzene rings is 3. The molecule has 1 aliphatic rings. The number of nitrogens with zero attached hydrogens (tertiary/aromatic N) is 1. The fourth-order valence-corrected chi connectivity index (χ4v) is 4.05. The third-order valence-electron chi connectivity index (χ3n) is 4.51. The van der Waals surface area contributed by atoms with Gasteiger partial charge in [0, 0.05) is 9.79 Å². The molecule has 0 saturated heterocycles. The molecule has 146 valence electrons. The summed E-state index contributed by atoms with van der Waals surface area (Å²) < 4.78 is 5.63. The number of hydrogen-bond acceptors (Lipinski definition) is 4. The van der Waals surface area contributed by atoms with Gasteiger partial charge in [-0.3, -0.25) is 14.5 Å². The Morgan fingerprint density at radius 3 is 2.52 bits per heavy atom. The van der Waals surface area contributed by atoms with Gasteiger partial charge in [0.15, 0.2) is 6.10 Å². The standard InChI is InChI=1S/C23H20N2O3S/c1-16-23(27)25(19-12-6-7-13-20(19)28-16)15-22(26)24-18-11-5-8-14-21(18)29-17-9-3-2-4-10-17/h2-14,16H,15H2,1H3,(H,24,26). The van der Waals surface area contributed by atoms with Crippen LogP contribution < -0.4 is 15.0 Å². The van der Waals surface area contributed by atoms with Crippen LogP contribution in [-0.4, -0.2) is 24.5 Å². The lowest BCUT2D eigenvalue weighted by Gasteiger charge is -2.32. The zero-order valence-corrected chi connectivity index (χ0v) is 16.7. The number of fused-ring (bicyclic) bond motifs is 1. The first kappa shape index (κ1) is 19.1. The quantitative estimate of drug-likeness (QED) is 0.676. The molecule has 1 aliphatic heterocycles. The van der Waals surface area contributed by atoms with Crippen LogP contribution in [0.4, 0.5) is 11.4 Å². The Morgan fingerprint density at radius 1 is 1.00 bits per heavy atom. The van der Waals surface area contributed by atoms with Gasteiger partial charge in [0.2, 0.25) is 5.91 Å². The smallest absolute Gasteiger partial charge is 0.268 e. The number of para-hydroxylation sites is 3. The fraction of sp³-hybridized carbons (Fsp3) is 0.130. The molecular weight excluding hydrogens is 384 g/mol. The Hall–Kier alpha value is -3.25. The second-order valence-corrected chi connectivity index (χ2v) is 7.73. The number of rotatable bonds is 5. The minimum Gasteiger partial charge on any atom is -0.479 e. The number of carbonyl (C=O) groups excluding carboxylic acids is 2. The molecule has 0 bridgehead atoms. The third kappa shape index (κ3) is 4.27. The molecule has 1 N–H and O–H groups in total. The van der Waals surface area contributed by atoms with Crippen molar-refractivity contribution in [3.63, 3.8) is 0 Å². The van der Waals surface area contributed by atoms with E-state index in [-0.39, 0.29) is 18.4 Å². The van der Waals surface area contributed by atoms with Crippen LogP contribution in [-0.2, 0) is 9.59 Å². The Labute approximate surface area is 173 Å². The van der Waals surface area contributed by atoms with Crippen LogP contribution >= 0.6 is 11.8 Å². The van der Waals surface area contributed by atoms with Gasteiger partial charge in [-0.2, -0.15) is 0 Å². The van der Waals surface area contributed by atoms with Gasteiger partial charge in [0.25, 0.3) is 5.91 Å². The van der Waals surface area contributed by atoms with E-state index in [1.165, 1.54) is 4.90 Å². The summed E-state index contributed by atoms with van der Waals surface area (Å²) in [5.74, 6) is 0.113. The third-order valence-corrected chi connectivity index (χ3v) is 5.59. The molecule has 29 heavy (non-hydrogen) atoms. The minimum atomic E-state index is -0.626. The molecule has 0 fully saturated rings. The van der Waals surface area contributed by atoms with E-state index >= 15 is 0 Å². The fourth-order valence-electron chi connectivity index (χ4n) is 3.13. The van der Waals surface area contributed by atoms with Crippen LogP contribution in [0.2, 0.25) is 0 Å². The second-order valence-electron chi connectivity index (χ2n) is 6.61. The van der Waals surface area contributed by atoms with E-state index < -0.39 is 6.10 Å². The summed E-state index contributed by atoms with van der Waals surface area (Å²) >= 11 is 1.58. The Bertz CT molecular complexity index is 1040. The molecule has 3 aromatic rings. The van der Waals surface area contributed by atoms with Gasteiger partial charge in [-0.25, -0.2) is 0 Å². The number of anilines is 2. The molecule has 0 radical (unpaired) electrons. The van der Waals surface area contributed by atoms with Crippen LogP contribution in [0.1, 0.15) is 6.92 Å². The first-order valence-corrected chi connectivity index (χ1v) is 10.1. The molecule has 1 unspecified atom stereocenters. The van der Waals surface area contributed by atoms with Gasteiger partial charge in [-0.05, 0) is 43.3 Å². The monoisotopic (exact) mass is 404 g/mol. The molecular formula is C23H20N2O3S. The van der Waals surface area contributed by atoms with Gasteiger partial charge < -0.3 is 10.1 Å². The summed E-state index contributed by atoms with van der Waals surface area (Å²) in [7, 11) is 0. The number of hydrogen-bond donors (Lipinski definition) is 1. The predicted octanol–water partition coefficient (Wildman–Crippen LogP) is 4.59. The van der Waals surface area contributed by atoms with Crippen LogP contribution in [0, 0.1) is 0 Å². The van der Waals surface area contributed by atoms with Gasteiger partial charge >= 0.3 is 0 Å². The highest BCUT2D eigenvalue weighted by atomic mass is 32.2. The molecule has 6 heteroatoms. The zero-order valence-electron chi connectivity index (χ0n) is 15.9. The minimum absolute atomic E-state index is 0.0755. The molecule has 1 heterocycles. The molecule has 0 aromatic heterocycles. The van der Waals surface area contributed by atoms with Gasteiger partial charge in [-0.1, -0.05) is 54.2 Å². The van der Waals surface area contributed by atoms with Crippen molar-refractivity contribution in [1.29, 1.82) is 0 Å². The van der Waals surface area contributed by atoms with Crippen LogP contribution in [0.3, 0.4) is 0 Å². The summed E-state index contributed by atoms with van der Waals surface area (Å²) in [6.45, 7) is 1.61. The van der Waals surface area contributed by atoms with E-state index in [0.717, 1.165) is 9.79 Å². The van der Waals surface area contributed by atoms with E-state index in [1.807, 2.05) is 66.7 Å². The molecule has 4 rings (SSSR count). The molecule has 3 aromatic carbocycles. The summed E-state index contributed by atoms with van der Waals surface area (Å²) in [5, 5.41) is 2.95. The Morgan fingerprint density at radius 2 is 1.69 bits per heavy atom. The van der Waals surface area contributed by atoms with Crippen molar-refractivity contribution in [1.82, 2.24) is 0 Å². The van der Waals surface area contributed by atoms with Crippen LogP contribution in [0.15, 0.2) is 88.7 Å². The maximum Gasteiger partial charge on any atom is 0.268 e. The van der Waals surface area contributed by atoms with Crippen molar-refractivity contribution in [2.75, 3.05) is 16.8 Å². The Balaban J connectivity index is 1.52. The lowest BCUT2D eigenvalue weighted by Crippen LogP contribution is -2.47. The van der Waals surface area contributed by atoms with Gasteiger partial charge in [-0.15, -0.1) is 0 Å². The van der Waals surface area contributed by atoms with Crippen molar-refractivity contribution in [3.8, 4) is 5.75 Å². The zero-order chi connectivity index (χ0) is 20.2. The summed E-state index contributed by atoms with van der Waals surface area (Å²) in [5.41, 5.74) is 1.33. The molecule has 1 atom stereocenters. The molecule has 2 amide bonds. The van der Waals surface area contributed by atoms with Crippen molar-refractivity contribution in [3.05, 3.63) is 78.9 Å². The molecule has 0 saturated carbocycles. The van der Waals surface area contributed by atoms with E-state index in [9.17, 15) is 9.59 Å². The molecule has 0 spiro atoms. The van der Waals surface area contributed by atoms with Crippen molar-refractivity contribution in [2.45, 2.75) is 22.8 Å². The summed E-state index contributed by atoms with van der Waals surface area (Å²) in [6, 6.07) is 24.9. The first-order chi connectivity index (χ1) is 14.1. The topological polar surface area (TPSA) is 58.6 Å². The lowest BCUT2D eigenvalue weighted by molar-refractivity contribution is -0.127. The van der Waals surface area contributed by atoms with Gasteiger partial charge in [0.1, 0.15) is 12.3 Å². The van der Waals surface area contributed by atoms with E-state index in [2.05, 4.69) is 5.32 Å². The first-order valence-electron chi connectivity index (χ1n) is 9.30. The van der Waals surface area contributed by atoms with Crippen molar-refractivity contribution >= 4 is 35.0 Å². The number of ether oxygens (including phenoxy) is 1. The number of nitrogens with one attached hydrogen (secondary N) is 1. The normalized spacial score (nSPS) is 15.4. The van der Waals surface area contributed by atoms with Crippen LogP contribution in [0.5, 0.6) is 5.75 Å². The highest BCUT2D eigenvalue weighted by Crippen LogP contribution is 2.35. The van der Waals surface area contributed by atoms with E-state index in [1.54, 1.807) is 30.8 Å². The number of amides is 2. The lowest BCUT2D eigenvalue weighted by atomic mass is 10.2. The molecule has 5 nitrogen and oxygen atoms in total. The highest BCUT2D eigenvalue weighted by Gasteiger charge is 2.32. The average molecular weight is 404 g/mol. The van der Waals surface area contributed by atoms with Gasteiger partial charge in [0.05, 0.1) is 11.4 Å². The maximum atomic E-state index is 12.8. The second kappa shape index (κ2) is 8.41. The molecule has 0 aliphatic carbocycles. The van der Waals surface area contributed by atoms with Crippen LogP contribution in [0.25, 0.3) is 0 Å². The highest BCUT2D eigenvalue weighted by molar-refractivity contribution is 7.99. The average Bonchev–Trinajstić information content (AvgIpc) is 2.73. The van der Waals surface area contributed by atoms with Crippen molar-refractivity contribution < 1.29 is 14.3 Å². The van der Waals surface area contributed by atoms with E-state index in [0.29, 0.717) is 17.1 Å². The maximum absolute atomic E-state index is 12.8. The Kier molecular flexibility index (Phi) is 5.53. The van der Waals surface area contributed by atoms with Crippen molar-refractivity contribution in [2.24, 2.45) is 0 Å². The summed E-state index contributed by atoms with van der Waals surface area (Å²) in [6.07, 6.45) is -0.626. The van der Waals surface area contributed by atoms with E-state index in [4.69, 9.17) is 4.74 Å². The largest absolute Gasteiger partial charge is 0.479 e. The predicted molar refractivity (Wildman–Crippen MR) is 115 cm³/mol. The SMILES string of the molecule is CC1Oc2ccccc2N(CC(=O)Nc2ccccc2Sc2ccccc2)C1=O.